The van der Waals surface area contributed by atoms with E-state index in [9.17, 15) is 0 Å². The standard InChI is InChI=1S/C7H17NOSi/c1-7(9-8)5-3-4-6-10(7)2/h10H,3-6,8H2,1-2H3. The van der Waals surface area contributed by atoms with Crippen molar-refractivity contribution in [3.63, 3.8) is 0 Å². The highest BCUT2D eigenvalue weighted by Gasteiger charge is 2.34. The van der Waals surface area contributed by atoms with E-state index in [4.69, 9.17) is 10.7 Å². The van der Waals surface area contributed by atoms with Crippen molar-refractivity contribution < 1.29 is 4.84 Å². The highest BCUT2D eigenvalue weighted by atomic mass is 28.3. The summed E-state index contributed by atoms with van der Waals surface area (Å²) in [4.78, 5) is 5.05. The number of nitrogens with two attached hydrogens (primary N) is 1. The van der Waals surface area contributed by atoms with Crippen molar-refractivity contribution in [2.45, 2.75) is 44.0 Å². The molecule has 0 bridgehead atoms. The average molecular weight is 159 g/mol. The fourth-order valence-corrected chi connectivity index (χ4v) is 4.09. The van der Waals surface area contributed by atoms with Gasteiger partial charge in [-0.3, -0.25) is 0 Å². The average Bonchev–Trinajstić information content (AvgIpc) is 1.96. The second-order valence-corrected chi connectivity index (χ2v) is 7.18. The van der Waals surface area contributed by atoms with Gasteiger partial charge in [0.1, 0.15) is 0 Å². The topological polar surface area (TPSA) is 35.2 Å². The van der Waals surface area contributed by atoms with Crippen LogP contribution in [0.2, 0.25) is 12.6 Å². The minimum atomic E-state index is -0.672. The Morgan fingerprint density at radius 1 is 1.50 bits per heavy atom. The van der Waals surface area contributed by atoms with Gasteiger partial charge in [0.05, 0.1) is 14.0 Å². The van der Waals surface area contributed by atoms with E-state index in [-0.39, 0.29) is 5.22 Å². The summed E-state index contributed by atoms with van der Waals surface area (Å²) in [6, 6.07) is 1.40. The van der Waals surface area contributed by atoms with Gasteiger partial charge in [-0.1, -0.05) is 25.4 Å². The molecule has 1 saturated heterocycles. The van der Waals surface area contributed by atoms with Gasteiger partial charge in [-0.2, -0.15) is 0 Å². The summed E-state index contributed by atoms with van der Waals surface area (Å²) in [7, 11) is -0.672. The van der Waals surface area contributed by atoms with E-state index in [1.165, 1.54) is 25.3 Å². The van der Waals surface area contributed by atoms with Crippen LogP contribution >= 0.6 is 0 Å². The Kier molecular flexibility index (Phi) is 2.49. The molecule has 2 nitrogen and oxygen atoms in total. The van der Waals surface area contributed by atoms with Crippen molar-refractivity contribution in [3.8, 4) is 0 Å². The van der Waals surface area contributed by atoms with Crippen LogP contribution in [0.5, 0.6) is 0 Å². The van der Waals surface area contributed by atoms with Crippen LogP contribution in [0.25, 0.3) is 0 Å². The maximum Gasteiger partial charge on any atom is 0.0748 e. The van der Waals surface area contributed by atoms with Crippen LogP contribution in [0.3, 0.4) is 0 Å². The highest BCUT2D eigenvalue weighted by Crippen LogP contribution is 2.29. The Labute approximate surface area is 64.3 Å². The molecule has 1 heterocycles. The fraction of sp³-hybridized carbons (Fsp3) is 1.00. The summed E-state index contributed by atoms with van der Waals surface area (Å²) in [5.41, 5.74) is 0. The van der Waals surface area contributed by atoms with E-state index < -0.39 is 8.80 Å². The molecule has 1 rings (SSSR count). The minimum absolute atomic E-state index is 0.0955. The lowest BCUT2D eigenvalue weighted by Gasteiger charge is -2.36. The van der Waals surface area contributed by atoms with Gasteiger partial charge in [-0.15, -0.1) is 0 Å². The summed E-state index contributed by atoms with van der Waals surface area (Å²) >= 11 is 0. The summed E-state index contributed by atoms with van der Waals surface area (Å²) in [5.74, 6) is 5.26. The van der Waals surface area contributed by atoms with Crippen LogP contribution in [-0.2, 0) is 4.84 Å². The van der Waals surface area contributed by atoms with E-state index in [1.807, 2.05) is 0 Å². The molecule has 0 spiro atoms. The van der Waals surface area contributed by atoms with Crippen molar-refractivity contribution in [3.05, 3.63) is 0 Å². The van der Waals surface area contributed by atoms with Gasteiger partial charge >= 0.3 is 0 Å². The van der Waals surface area contributed by atoms with Gasteiger partial charge in [0.25, 0.3) is 0 Å². The number of rotatable bonds is 1. The van der Waals surface area contributed by atoms with Crippen molar-refractivity contribution in [2.75, 3.05) is 0 Å². The van der Waals surface area contributed by atoms with Crippen LogP contribution in [0, 0.1) is 0 Å². The summed E-state index contributed by atoms with van der Waals surface area (Å²) in [6.45, 7) is 4.52. The molecule has 1 aliphatic rings. The summed E-state index contributed by atoms with van der Waals surface area (Å²) < 4.78 is 0. The largest absolute Gasteiger partial charge is 0.302 e. The predicted octanol–water partition coefficient (Wildman–Crippen LogP) is 1.22. The first-order chi connectivity index (χ1) is 4.69. The van der Waals surface area contributed by atoms with Gasteiger partial charge < -0.3 is 4.84 Å². The van der Waals surface area contributed by atoms with E-state index in [1.54, 1.807) is 0 Å². The third-order valence-corrected chi connectivity index (χ3v) is 6.66. The molecule has 0 aromatic rings. The Hall–Kier alpha value is 0.137. The molecule has 0 amide bonds. The van der Waals surface area contributed by atoms with Gasteiger partial charge in [0.15, 0.2) is 0 Å². The molecule has 2 N–H and O–H groups in total. The molecular formula is C7H17NOSi. The lowest BCUT2D eigenvalue weighted by Crippen LogP contribution is -2.47. The van der Waals surface area contributed by atoms with E-state index in [2.05, 4.69) is 13.5 Å². The molecule has 0 saturated carbocycles. The van der Waals surface area contributed by atoms with E-state index in [0.29, 0.717) is 0 Å². The first kappa shape index (κ1) is 8.24. The summed E-state index contributed by atoms with van der Waals surface area (Å²) in [6.07, 6.45) is 3.87. The normalized spacial score (nSPS) is 41.7. The van der Waals surface area contributed by atoms with Crippen molar-refractivity contribution in [1.29, 1.82) is 0 Å². The molecule has 0 aliphatic carbocycles. The monoisotopic (exact) mass is 159 g/mol. The maximum absolute atomic E-state index is 5.26. The molecule has 1 aliphatic heterocycles. The zero-order chi connectivity index (χ0) is 7.61. The van der Waals surface area contributed by atoms with E-state index >= 15 is 0 Å². The predicted molar refractivity (Wildman–Crippen MR) is 45.3 cm³/mol. The smallest absolute Gasteiger partial charge is 0.0748 e. The second kappa shape index (κ2) is 3.03. The van der Waals surface area contributed by atoms with Gasteiger partial charge in [0, 0.05) is 0 Å². The molecule has 0 aromatic heterocycles. The maximum atomic E-state index is 5.26. The lowest BCUT2D eigenvalue weighted by atomic mass is 10.1. The van der Waals surface area contributed by atoms with Crippen LogP contribution in [-0.4, -0.2) is 14.0 Å². The minimum Gasteiger partial charge on any atom is -0.302 e. The number of hydrogen-bond acceptors (Lipinski definition) is 2. The van der Waals surface area contributed by atoms with Crippen molar-refractivity contribution in [2.24, 2.45) is 5.90 Å². The van der Waals surface area contributed by atoms with Crippen molar-refractivity contribution >= 4 is 8.80 Å². The first-order valence-corrected chi connectivity index (χ1v) is 6.62. The second-order valence-electron chi connectivity index (χ2n) is 3.58. The van der Waals surface area contributed by atoms with Crippen LogP contribution in [0.4, 0.5) is 0 Å². The van der Waals surface area contributed by atoms with Gasteiger partial charge in [-0.05, 0) is 13.3 Å². The molecule has 60 valence electrons. The molecular weight excluding hydrogens is 142 g/mol. The lowest BCUT2D eigenvalue weighted by molar-refractivity contribution is 0.0137. The van der Waals surface area contributed by atoms with Crippen LogP contribution in [0.1, 0.15) is 26.2 Å². The molecule has 3 heteroatoms. The van der Waals surface area contributed by atoms with Gasteiger partial charge in [0.2, 0.25) is 0 Å². The highest BCUT2D eigenvalue weighted by molar-refractivity contribution is 6.60. The first-order valence-electron chi connectivity index (χ1n) is 4.07. The van der Waals surface area contributed by atoms with E-state index in [0.717, 1.165) is 0 Å². The molecule has 2 unspecified atom stereocenters. The Bertz CT molecular complexity index is 120. The third-order valence-electron chi connectivity index (χ3n) is 2.87. The molecule has 2 atom stereocenters. The zero-order valence-electron chi connectivity index (χ0n) is 6.89. The van der Waals surface area contributed by atoms with Crippen LogP contribution in [0.15, 0.2) is 0 Å². The Morgan fingerprint density at radius 3 is 2.60 bits per heavy atom. The third kappa shape index (κ3) is 1.41. The SMILES string of the molecule is C[SiH]1CCCCC1(C)ON. The molecule has 10 heavy (non-hydrogen) atoms. The Balaban J connectivity index is 2.54. The molecule has 0 radical (unpaired) electrons. The zero-order valence-corrected chi connectivity index (χ0v) is 8.05. The Morgan fingerprint density at radius 2 is 2.20 bits per heavy atom. The molecule has 1 fully saturated rings. The van der Waals surface area contributed by atoms with Gasteiger partial charge in [-0.25, -0.2) is 5.90 Å². The molecule has 0 aromatic carbocycles. The fourth-order valence-electron chi connectivity index (χ4n) is 1.65. The van der Waals surface area contributed by atoms with Crippen LogP contribution < -0.4 is 5.90 Å². The quantitative estimate of drug-likeness (QED) is 0.461. The summed E-state index contributed by atoms with van der Waals surface area (Å²) in [5, 5.41) is 0.0955. The van der Waals surface area contributed by atoms with Crippen molar-refractivity contribution in [1.82, 2.24) is 0 Å². The number of hydrogen-bond donors (Lipinski definition) is 1.